The lowest BCUT2D eigenvalue weighted by atomic mass is 9.99. The monoisotopic (exact) mass is 1000 g/mol. The minimum absolute atomic E-state index is 0.0110. The Kier molecular flexibility index (Phi) is 43.7. The highest BCUT2D eigenvalue weighted by Gasteiger charge is 2.48. The van der Waals surface area contributed by atoms with Crippen LogP contribution in [-0.4, -0.2) is 97.5 Å². The van der Waals surface area contributed by atoms with Gasteiger partial charge in [-0.25, -0.2) is 4.18 Å². The number of esters is 1. The molecule has 0 radical (unpaired) electrons. The molecule has 12 nitrogen and oxygen atoms in total. The molecule has 0 saturated carbocycles. The van der Waals surface area contributed by atoms with Crippen molar-refractivity contribution in [3.05, 3.63) is 97.2 Å². The predicted octanol–water partition coefficient (Wildman–Crippen LogP) is 13.0. The van der Waals surface area contributed by atoms with E-state index in [1.165, 1.54) is 64.2 Å². The van der Waals surface area contributed by atoms with Gasteiger partial charge in [0.25, 0.3) is 0 Å². The van der Waals surface area contributed by atoms with Crippen LogP contribution in [0, 0.1) is 0 Å². The van der Waals surface area contributed by atoms with Gasteiger partial charge in [-0.3, -0.25) is 9.35 Å². The molecule has 0 aliphatic carbocycles. The molecule has 0 amide bonds. The molecular weight excluding hydrogens is 909 g/mol. The third kappa shape index (κ3) is 39.6. The maximum Gasteiger partial charge on any atom is 0.397 e. The summed E-state index contributed by atoms with van der Waals surface area (Å²) in [6, 6.07) is 0. The van der Waals surface area contributed by atoms with Crippen molar-refractivity contribution in [2.24, 2.45) is 0 Å². The SMILES string of the molecule is CC/C=C\C/C=C\C/C=C\C/C=C\C/C=C\C/C=C\C/C=C\CCCCCCOCC(COC1OC(CO)C(O)C(OS(=O)(=O)O)C1O)OC(=O)CCCCCCCCC/C=C\CCCCCCCC. The number of aliphatic hydroxyl groups is 3. The van der Waals surface area contributed by atoms with Crippen molar-refractivity contribution in [2.45, 2.75) is 230 Å². The minimum atomic E-state index is -5.08. The van der Waals surface area contributed by atoms with E-state index in [1.807, 2.05) is 0 Å². The van der Waals surface area contributed by atoms with E-state index >= 15 is 0 Å². The summed E-state index contributed by atoms with van der Waals surface area (Å²) >= 11 is 0. The molecule has 0 aromatic rings. The van der Waals surface area contributed by atoms with Crippen LogP contribution in [0.4, 0.5) is 0 Å². The molecule has 0 aromatic carbocycles. The second-order valence-corrected chi connectivity index (χ2v) is 19.1. The fourth-order valence-corrected chi connectivity index (χ4v) is 8.16. The molecule has 1 saturated heterocycles. The average molecular weight is 1010 g/mol. The van der Waals surface area contributed by atoms with E-state index in [9.17, 15) is 33.1 Å². The average Bonchev–Trinajstić information content (AvgIpc) is 3.34. The summed E-state index contributed by atoms with van der Waals surface area (Å²) in [6.45, 7) is 3.80. The van der Waals surface area contributed by atoms with E-state index < -0.39 is 59.8 Å². The van der Waals surface area contributed by atoms with Crippen LogP contribution in [0.3, 0.4) is 0 Å². The third-order valence-electron chi connectivity index (χ3n) is 11.7. The fraction of sp³-hybridized carbons (Fsp3) is 0.702. The Balaban J connectivity index is 2.37. The first-order valence-electron chi connectivity index (χ1n) is 27.0. The van der Waals surface area contributed by atoms with Crippen LogP contribution >= 0.6 is 0 Å². The summed E-state index contributed by atoms with van der Waals surface area (Å²) in [6.07, 6.45) is 55.8. The van der Waals surface area contributed by atoms with Crippen LogP contribution in [0.1, 0.15) is 194 Å². The molecule has 6 atom stereocenters. The highest BCUT2D eigenvalue weighted by molar-refractivity contribution is 7.80. The second kappa shape index (κ2) is 47.1. The molecule has 1 heterocycles. The van der Waals surface area contributed by atoms with E-state index in [4.69, 9.17) is 18.9 Å². The lowest BCUT2D eigenvalue weighted by Gasteiger charge is -2.41. The van der Waals surface area contributed by atoms with E-state index in [1.54, 1.807) is 0 Å². The molecule has 1 fully saturated rings. The highest BCUT2D eigenvalue weighted by Crippen LogP contribution is 2.26. The number of hydrogen-bond acceptors (Lipinski definition) is 11. The molecule has 0 bridgehead atoms. The summed E-state index contributed by atoms with van der Waals surface area (Å²) < 4.78 is 59.3. The Bertz CT molecular complexity index is 1580. The summed E-state index contributed by atoms with van der Waals surface area (Å²) in [5.74, 6) is -0.417. The quantitative estimate of drug-likeness (QED) is 0.0197. The van der Waals surface area contributed by atoms with Gasteiger partial charge < -0.3 is 34.3 Å². The number of carbonyl (C=O) groups is 1. The highest BCUT2D eigenvalue weighted by atomic mass is 32.3. The number of hydrogen-bond donors (Lipinski definition) is 4. The largest absolute Gasteiger partial charge is 0.457 e. The van der Waals surface area contributed by atoms with Crippen LogP contribution in [0.5, 0.6) is 0 Å². The summed E-state index contributed by atoms with van der Waals surface area (Å²) in [4.78, 5) is 12.9. The van der Waals surface area contributed by atoms with Crippen LogP contribution in [0.25, 0.3) is 0 Å². The maximum absolute atomic E-state index is 12.9. The van der Waals surface area contributed by atoms with Gasteiger partial charge in [0.1, 0.15) is 30.5 Å². The van der Waals surface area contributed by atoms with Crippen molar-refractivity contribution < 1.29 is 56.2 Å². The van der Waals surface area contributed by atoms with Gasteiger partial charge in [-0.15, -0.1) is 0 Å². The molecule has 1 aliphatic rings. The standard InChI is InChI=1S/C57H96O12S/c1-3-5-7-9-11-13-15-17-19-21-22-23-24-25-26-27-28-29-31-33-35-37-39-41-43-45-47-65-49-51(50-66-57-55(61)56(69-70(62,63)64)54(60)52(48-58)68-57)67-53(59)46-44-42-40-38-36-34-32-30-20-18-16-14-12-10-8-6-4-2/h5,7,11,13,17-20,22-23,25-26,28-29,33,35,51-52,54-58,60-61H,3-4,6,8-10,12,14-16,21,24,27,30-32,34,36-50H2,1-2H3,(H,62,63,64)/b7-5-,13-11-,19-17-,20-18-,23-22-,26-25-,29-28-,35-33-. The van der Waals surface area contributed by atoms with Gasteiger partial charge in [0.15, 0.2) is 6.29 Å². The topological polar surface area (TPSA) is 178 Å². The maximum atomic E-state index is 12.9. The summed E-state index contributed by atoms with van der Waals surface area (Å²) in [7, 11) is -5.08. The molecule has 1 rings (SSSR count). The van der Waals surface area contributed by atoms with Gasteiger partial charge in [0, 0.05) is 13.0 Å². The van der Waals surface area contributed by atoms with E-state index in [-0.39, 0.29) is 19.6 Å². The van der Waals surface area contributed by atoms with Crippen molar-refractivity contribution in [1.29, 1.82) is 0 Å². The zero-order valence-corrected chi connectivity index (χ0v) is 44.1. The molecule has 0 spiro atoms. The number of ether oxygens (including phenoxy) is 4. The molecular formula is C57H96O12S. The molecule has 1 aliphatic heterocycles. The Morgan fingerprint density at radius 3 is 1.46 bits per heavy atom. The van der Waals surface area contributed by atoms with Gasteiger partial charge >= 0.3 is 16.4 Å². The van der Waals surface area contributed by atoms with Crippen molar-refractivity contribution in [3.8, 4) is 0 Å². The Hall–Kier alpha value is -2.98. The van der Waals surface area contributed by atoms with Gasteiger partial charge in [0.2, 0.25) is 0 Å². The smallest absolute Gasteiger partial charge is 0.397 e. The van der Waals surface area contributed by atoms with Crippen LogP contribution in [0.2, 0.25) is 0 Å². The van der Waals surface area contributed by atoms with Gasteiger partial charge in [-0.05, 0) is 96.3 Å². The van der Waals surface area contributed by atoms with E-state index in [2.05, 4.69) is 115 Å². The number of rotatable bonds is 46. The van der Waals surface area contributed by atoms with Gasteiger partial charge in [-0.1, -0.05) is 188 Å². The molecule has 0 aromatic heterocycles. The number of unbranched alkanes of at least 4 members (excludes halogenated alkanes) is 17. The van der Waals surface area contributed by atoms with Gasteiger partial charge in [0.05, 0.1) is 19.8 Å². The minimum Gasteiger partial charge on any atom is -0.457 e. The first kappa shape index (κ1) is 65.0. The second-order valence-electron chi connectivity index (χ2n) is 18.1. The Morgan fingerprint density at radius 2 is 0.986 bits per heavy atom. The van der Waals surface area contributed by atoms with E-state index in [0.717, 1.165) is 103 Å². The summed E-state index contributed by atoms with van der Waals surface area (Å²) in [5, 5.41) is 30.8. The normalized spacial score (nSPS) is 19.9. The third-order valence-corrected chi connectivity index (χ3v) is 12.2. The molecule has 4 N–H and O–H groups in total. The molecule has 70 heavy (non-hydrogen) atoms. The fourth-order valence-electron chi connectivity index (χ4n) is 7.65. The number of aliphatic hydroxyl groups excluding tert-OH is 3. The van der Waals surface area contributed by atoms with Crippen molar-refractivity contribution >= 4 is 16.4 Å². The zero-order valence-electron chi connectivity index (χ0n) is 43.3. The number of carbonyl (C=O) groups excluding carboxylic acids is 1. The number of allylic oxidation sites excluding steroid dienone is 16. The zero-order chi connectivity index (χ0) is 51.0. The van der Waals surface area contributed by atoms with Crippen LogP contribution in [0.15, 0.2) is 97.2 Å². The summed E-state index contributed by atoms with van der Waals surface area (Å²) in [5.41, 5.74) is 0. The molecule has 6 unspecified atom stereocenters. The van der Waals surface area contributed by atoms with Crippen molar-refractivity contribution in [2.75, 3.05) is 26.4 Å². The van der Waals surface area contributed by atoms with Crippen LogP contribution < -0.4 is 0 Å². The van der Waals surface area contributed by atoms with Crippen LogP contribution in [-0.2, 0) is 38.3 Å². The predicted molar refractivity (Wildman–Crippen MR) is 285 cm³/mol. The Morgan fingerprint density at radius 1 is 0.557 bits per heavy atom. The Labute approximate surface area is 425 Å². The van der Waals surface area contributed by atoms with Gasteiger partial charge in [-0.2, -0.15) is 8.42 Å². The first-order valence-corrected chi connectivity index (χ1v) is 28.4. The lowest BCUT2D eigenvalue weighted by Crippen LogP contribution is -2.60. The molecule has 402 valence electrons. The van der Waals surface area contributed by atoms with E-state index in [0.29, 0.717) is 13.0 Å². The first-order chi connectivity index (χ1) is 34.1. The van der Waals surface area contributed by atoms with Crippen molar-refractivity contribution in [1.82, 2.24) is 0 Å². The lowest BCUT2D eigenvalue weighted by molar-refractivity contribution is -0.301. The molecule has 13 heteroatoms. The van der Waals surface area contributed by atoms with Crippen molar-refractivity contribution in [3.63, 3.8) is 0 Å².